The number of hydrogen-bond acceptors (Lipinski definition) is 35. The number of halogens is 1. The van der Waals surface area contributed by atoms with Crippen LogP contribution in [0.15, 0.2) is 78.9 Å². The molecule has 0 aliphatic carbocycles. The number of alkyl halides is 1. The number of aromatic amines is 2. The maximum Gasteiger partial charge on any atom is 0.425 e. The van der Waals surface area contributed by atoms with E-state index in [9.17, 15) is 76.9 Å². The Hall–Kier alpha value is -8.59. The quantitative estimate of drug-likeness (QED) is 0.0637. The lowest BCUT2D eigenvalue weighted by Gasteiger charge is -2.37. The smallest absolute Gasteiger partial charge is 0.425 e. The summed E-state index contributed by atoms with van der Waals surface area (Å²) in [4.78, 5) is 167. The van der Waals surface area contributed by atoms with Crippen LogP contribution in [0.4, 0.5) is 18.8 Å². The number of aryl methyl sites for hydroxylation is 5. The second-order valence-electron chi connectivity index (χ2n) is 44.6. The third kappa shape index (κ3) is 24.3. The van der Waals surface area contributed by atoms with Gasteiger partial charge in [0.15, 0.2) is 76.7 Å². The topological polar surface area (TPSA) is 518 Å². The molecule has 10 fully saturated rings. The van der Waals surface area contributed by atoms with Gasteiger partial charge < -0.3 is 104 Å². The number of aromatic nitrogens is 10. The Morgan fingerprint density at radius 2 is 0.550 bits per heavy atom. The number of nitrogens with zero attached hydrogens (tertiary/aromatic N) is 8. The Kier molecular flexibility index (Phi) is 32.0. The van der Waals surface area contributed by atoms with Crippen LogP contribution < -0.4 is 56.2 Å². The molecule has 0 amide bonds. The van der Waals surface area contributed by atoms with E-state index in [0.717, 1.165) is 9.13 Å². The number of nitrogens with one attached hydrogen (secondary N) is 2. The number of aliphatic hydroxyl groups excluding tert-OH is 2. The predicted octanol–water partition coefficient (Wildman–Crippen LogP) is 7.08. The normalized spacial score (nSPS) is 29.3. The minimum atomic E-state index is -2.08. The standard InChI is InChI=1S/C24H40N2O8Si.C19H32N2O6Si.C18H25FN2O7.C18H26N2O8.C13H18N2O6/c1-14-12-25(20(28)26(18(14)27)21(29)34-22(2,3)4)19-17-16(32-24(8,9)33-17)15(31-19)13-30-35(10,11)23(5,6)7;1-11-9-21(17(23)20-15(11)22)16-14-13(26-19(5,6)27-14)12(25-16)10-24-28(7,8)18(2,3)4;1-9-8-20(15(23)21(13(9)22)16(24)28-17(2,3)4)14-12-11(10(7-19)25-14)26-18(5,6)27-12;1-9-7-19(15(23)20(13(9)22)16(24)28-17(2,3)4)14-12-11(10(8-21)25-14)26-18(5,6)27-12;1-6-4-15(12(18)14-10(6)17)11-9-8(7(5-16)19-11)20-13(2,3)21-9/h12,15-17,19H,13H2,1-11H3;9,12-14,16H,10H2,1-8H3,(H,20,22,23);8,10-12,14H,7H2,1-6H3;7,10-12,14,21H,8H2,1-6H3;4,7-9,11,16H,5H2,1-3H3,(H,14,17,18)/t15-,16-,17-,19-;12-,13-,14-,16-;2*10-,11-,12-,14-;7-,8-,9-,11-/m11111/s1. The number of fused-ring (bicyclic) bond motifs is 5. The zero-order chi connectivity index (χ0) is 105. The van der Waals surface area contributed by atoms with Gasteiger partial charge in [-0.15, -0.1) is 0 Å². The molecule has 15 heterocycles. The van der Waals surface area contributed by atoms with Crippen molar-refractivity contribution >= 4 is 34.9 Å². The van der Waals surface area contributed by atoms with Crippen molar-refractivity contribution in [3.05, 3.63) is 163 Å². The number of carbonyl (C=O) groups excluding carboxylic acids is 3. The van der Waals surface area contributed by atoms with Crippen molar-refractivity contribution in [3.8, 4) is 0 Å². The second kappa shape index (κ2) is 40.1. The van der Waals surface area contributed by atoms with Crippen LogP contribution in [0.25, 0.3) is 0 Å². The van der Waals surface area contributed by atoms with Crippen molar-refractivity contribution in [2.24, 2.45) is 0 Å². The lowest BCUT2D eigenvalue weighted by atomic mass is 10.1. The molecule has 0 radical (unpaired) electrons. The van der Waals surface area contributed by atoms with Gasteiger partial charge in [-0.1, -0.05) is 41.5 Å². The fraction of sp³-hybridized carbons (Fsp3) is 0.750. The highest BCUT2D eigenvalue weighted by Crippen LogP contribution is 2.50. The molecule has 0 bridgehead atoms. The fourth-order valence-electron chi connectivity index (χ4n) is 16.7. The van der Waals surface area contributed by atoms with Gasteiger partial charge in [0.25, 0.3) is 27.8 Å². The van der Waals surface area contributed by atoms with Crippen LogP contribution in [0, 0.1) is 34.6 Å². The van der Waals surface area contributed by atoms with Gasteiger partial charge in [0, 0.05) is 58.8 Å². The van der Waals surface area contributed by atoms with Crippen LogP contribution in [0.2, 0.25) is 36.3 Å². The van der Waals surface area contributed by atoms with E-state index in [-0.39, 0.29) is 58.8 Å². The van der Waals surface area contributed by atoms with E-state index >= 15 is 0 Å². The Balaban J connectivity index is 0.000000169. The van der Waals surface area contributed by atoms with Crippen LogP contribution >= 0.6 is 0 Å². The van der Waals surface area contributed by atoms with Crippen LogP contribution in [-0.4, -0.2) is 262 Å². The summed E-state index contributed by atoms with van der Waals surface area (Å²) in [6, 6.07) is 0. The second-order valence-corrected chi connectivity index (χ2v) is 54.3. The highest BCUT2D eigenvalue weighted by molar-refractivity contribution is 6.74. The molecule has 10 saturated heterocycles. The predicted molar refractivity (Wildman–Crippen MR) is 501 cm³/mol. The van der Waals surface area contributed by atoms with Gasteiger partial charge in [0.05, 0.1) is 26.4 Å². The molecule has 20 atom stereocenters. The molecule has 0 saturated carbocycles. The summed E-state index contributed by atoms with van der Waals surface area (Å²) in [5.41, 5.74) is -8.40. The largest absolute Gasteiger partial charge is 0.443 e. The van der Waals surface area contributed by atoms with Crippen LogP contribution in [-0.2, 0) is 94.1 Å². The van der Waals surface area contributed by atoms with Crippen LogP contribution in [0.3, 0.4) is 0 Å². The van der Waals surface area contributed by atoms with Gasteiger partial charge in [-0.3, -0.25) is 56.8 Å². The number of ether oxygens (including phenoxy) is 18. The molecule has 15 rings (SSSR count). The number of hydrogen-bond donors (Lipinski definition) is 4. The van der Waals surface area contributed by atoms with Gasteiger partial charge >= 0.3 is 46.7 Å². The Morgan fingerprint density at radius 3 is 0.779 bits per heavy atom. The van der Waals surface area contributed by atoms with Crippen molar-refractivity contribution in [2.75, 3.05) is 33.1 Å². The number of carbonyl (C=O) groups is 3. The summed E-state index contributed by atoms with van der Waals surface area (Å²) in [5, 5.41) is 19.1. The number of aliphatic hydroxyl groups is 2. The van der Waals surface area contributed by atoms with E-state index in [1.165, 1.54) is 65.5 Å². The van der Waals surface area contributed by atoms with Gasteiger partial charge in [0.2, 0.25) is 0 Å². The zero-order valence-electron chi connectivity index (χ0n) is 86.3. The third-order valence-corrected chi connectivity index (χ3v) is 34.2. The van der Waals surface area contributed by atoms with Crippen molar-refractivity contribution in [2.45, 2.75) is 412 Å². The van der Waals surface area contributed by atoms with E-state index < -0.39 is 254 Å². The summed E-state index contributed by atoms with van der Waals surface area (Å²) in [6.07, 6.45) is -9.58. The summed E-state index contributed by atoms with van der Waals surface area (Å²) in [5.74, 6) is -4.41. The Morgan fingerprint density at radius 1 is 0.343 bits per heavy atom. The lowest BCUT2D eigenvalue weighted by Crippen LogP contribution is -2.48. The average molecular weight is 2020 g/mol. The molecule has 45 nitrogen and oxygen atoms in total. The molecule has 4 N–H and O–H groups in total. The first kappa shape index (κ1) is 112. The summed E-state index contributed by atoms with van der Waals surface area (Å²) in [7, 11) is -4.05. The summed E-state index contributed by atoms with van der Waals surface area (Å²) in [6.45, 7) is 60.9. The van der Waals surface area contributed by atoms with Crippen molar-refractivity contribution < 1.29 is 123 Å². The first-order valence-corrected chi connectivity index (χ1v) is 52.3. The highest BCUT2D eigenvalue weighted by Gasteiger charge is 2.62. The van der Waals surface area contributed by atoms with Crippen LogP contribution in [0.5, 0.6) is 0 Å². The van der Waals surface area contributed by atoms with Crippen LogP contribution in [0.1, 0.15) is 232 Å². The first-order chi connectivity index (χ1) is 64.0. The maximum atomic E-state index is 13.4. The molecule has 10 aliphatic heterocycles. The molecule has 48 heteroatoms. The molecule has 784 valence electrons. The molecular formula is C92H141FN10O35Si2. The fourth-order valence-corrected chi connectivity index (χ4v) is 18.7. The SMILES string of the molecule is Cc1cn([C@@H]2O[C@H](CF)[C@H]3OC(C)(C)O[C@H]32)c(=O)n(C(=O)OC(C)(C)C)c1=O.Cc1cn([C@@H]2O[C@H](CO)[C@H]3OC(C)(C)O[C@H]32)c(=O)[nH]c1=O.Cc1cn([C@@H]2O[C@H](CO)[C@H]3OC(C)(C)O[C@H]32)c(=O)n(C(=O)OC(C)(C)C)c1=O.Cc1cn([C@@H]2O[C@H](CO[Si](C)(C)C(C)(C)C)[C@H]3OC(C)(C)O[C@H]32)c(=O)[nH]c1=O.Cc1cn([C@@H]2O[C@H](CO[Si](C)(C)C(C)(C)C)[C@H]3OC(C)(C)O[C@H]32)c(=O)n(C(=O)OC(C)(C)C)c1=O. The Bertz CT molecular complexity index is 5940. The first-order valence-electron chi connectivity index (χ1n) is 46.5. The summed E-state index contributed by atoms with van der Waals surface area (Å²) >= 11 is 0. The van der Waals surface area contributed by atoms with Crippen molar-refractivity contribution in [3.63, 3.8) is 0 Å². The van der Waals surface area contributed by atoms with Crippen molar-refractivity contribution in [1.82, 2.24) is 46.5 Å². The average Bonchev–Trinajstić information content (AvgIpc) is 1.47. The van der Waals surface area contributed by atoms with E-state index in [2.05, 4.69) is 77.7 Å². The van der Waals surface area contributed by atoms with Gasteiger partial charge in [-0.05, 0) is 202 Å². The lowest BCUT2D eigenvalue weighted by molar-refractivity contribution is -0.201. The molecule has 5 aromatic rings. The molecule has 10 aliphatic rings. The van der Waals surface area contributed by atoms with E-state index in [0.29, 0.717) is 31.4 Å². The Labute approximate surface area is 809 Å². The maximum absolute atomic E-state index is 13.4. The molecular weight excluding hydrogens is 1880 g/mol. The highest BCUT2D eigenvalue weighted by atomic mass is 28.4. The number of rotatable bonds is 14. The minimum Gasteiger partial charge on any atom is -0.443 e. The molecule has 5 aromatic heterocycles. The van der Waals surface area contributed by atoms with E-state index in [4.69, 9.17) is 94.1 Å². The van der Waals surface area contributed by atoms with Gasteiger partial charge in [0.1, 0.15) is 115 Å². The third-order valence-electron chi connectivity index (χ3n) is 25.2. The molecule has 0 unspecified atom stereocenters. The van der Waals surface area contributed by atoms with Crippen molar-refractivity contribution in [1.29, 1.82) is 0 Å². The van der Waals surface area contributed by atoms with Gasteiger partial charge in [-0.2, -0.15) is 13.7 Å². The molecule has 140 heavy (non-hydrogen) atoms. The minimum absolute atomic E-state index is 0.00761. The van der Waals surface area contributed by atoms with Gasteiger partial charge in [-0.25, -0.2) is 42.7 Å². The van der Waals surface area contributed by atoms with E-state index in [1.807, 2.05) is 13.8 Å². The zero-order valence-corrected chi connectivity index (χ0v) is 88.3. The monoisotopic (exact) mass is 2020 g/mol. The summed E-state index contributed by atoms with van der Waals surface area (Å²) < 4.78 is 138. The molecule has 0 aromatic carbocycles. The number of H-pyrrole nitrogens is 2. The molecule has 0 spiro atoms. The van der Waals surface area contributed by atoms with E-state index in [1.54, 1.807) is 132 Å².